The Morgan fingerprint density at radius 2 is 2.00 bits per heavy atom. The quantitative estimate of drug-likeness (QED) is 0.901. The number of aromatic carboxylic acids is 1. The van der Waals surface area contributed by atoms with Crippen molar-refractivity contribution in [3.8, 4) is 5.75 Å². The van der Waals surface area contributed by atoms with Crippen LogP contribution in [0.1, 0.15) is 48.5 Å². The number of ether oxygens (including phenoxy) is 3. The second kappa shape index (κ2) is 6.09. The Kier molecular flexibility index (Phi) is 4.29. The topological polar surface area (TPSA) is 65.0 Å². The molecule has 126 valence electrons. The van der Waals surface area contributed by atoms with Crippen LogP contribution in [0.5, 0.6) is 5.75 Å². The second-order valence-electron chi connectivity index (χ2n) is 6.65. The van der Waals surface area contributed by atoms with Gasteiger partial charge in [-0.25, -0.2) is 9.18 Å². The van der Waals surface area contributed by atoms with Crippen LogP contribution < -0.4 is 4.74 Å². The van der Waals surface area contributed by atoms with Crippen molar-refractivity contribution in [2.45, 2.75) is 38.4 Å². The third-order valence-corrected chi connectivity index (χ3v) is 4.15. The Bertz CT molecular complexity index is 599. The average molecular weight is 324 g/mol. The highest BCUT2D eigenvalue weighted by molar-refractivity contribution is 5.88. The molecule has 1 saturated heterocycles. The maximum Gasteiger partial charge on any atom is 0.338 e. The molecule has 3 rings (SSSR count). The van der Waals surface area contributed by atoms with Crippen LogP contribution in [0, 0.1) is 11.7 Å². The van der Waals surface area contributed by atoms with Crippen molar-refractivity contribution in [3.05, 3.63) is 29.1 Å². The number of rotatable bonds is 5. The van der Waals surface area contributed by atoms with Crippen LogP contribution in [-0.4, -0.2) is 36.7 Å². The molecule has 6 heteroatoms. The van der Waals surface area contributed by atoms with Crippen molar-refractivity contribution in [2.75, 3.05) is 19.8 Å². The summed E-state index contributed by atoms with van der Waals surface area (Å²) in [7, 11) is 0. The molecule has 23 heavy (non-hydrogen) atoms. The van der Waals surface area contributed by atoms with Gasteiger partial charge in [-0.05, 0) is 44.2 Å². The predicted octanol–water partition coefficient (Wildman–Crippen LogP) is 3.18. The lowest BCUT2D eigenvalue weighted by molar-refractivity contribution is -0.264. The first kappa shape index (κ1) is 16.2. The molecule has 0 atom stereocenters. The molecule has 1 aliphatic heterocycles. The summed E-state index contributed by atoms with van der Waals surface area (Å²) in [5, 5.41) is 9.05. The van der Waals surface area contributed by atoms with E-state index >= 15 is 0 Å². The van der Waals surface area contributed by atoms with Gasteiger partial charge in [0.15, 0.2) is 5.79 Å². The molecular formula is C17H21FO5. The predicted molar refractivity (Wildman–Crippen MR) is 80.3 cm³/mol. The number of halogens is 1. The Balaban J connectivity index is 1.70. The van der Waals surface area contributed by atoms with Gasteiger partial charge in [-0.2, -0.15) is 0 Å². The Morgan fingerprint density at radius 1 is 1.35 bits per heavy atom. The monoisotopic (exact) mass is 324 g/mol. The van der Waals surface area contributed by atoms with Gasteiger partial charge >= 0.3 is 5.97 Å². The number of benzene rings is 1. The van der Waals surface area contributed by atoms with E-state index in [-0.39, 0.29) is 17.4 Å². The molecule has 1 saturated carbocycles. The first-order chi connectivity index (χ1) is 10.9. The lowest BCUT2D eigenvalue weighted by Gasteiger charge is -2.34. The third kappa shape index (κ3) is 3.82. The van der Waals surface area contributed by atoms with E-state index in [0.717, 1.165) is 18.4 Å². The van der Waals surface area contributed by atoms with Crippen LogP contribution in [0.25, 0.3) is 0 Å². The normalized spacial score (nSPS) is 21.2. The molecule has 0 unspecified atom stereocenters. The summed E-state index contributed by atoms with van der Waals surface area (Å²) < 4.78 is 30.8. The van der Waals surface area contributed by atoms with E-state index in [9.17, 15) is 9.18 Å². The lowest BCUT2D eigenvalue weighted by atomic mass is 10.0. The van der Waals surface area contributed by atoms with E-state index in [1.165, 1.54) is 12.1 Å². The van der Waals surface area contributed by atoms with Crippen LogP contribution in [-0.2, 0) is 9.47 Å². The van der Waals surface area contributed by atoms with E-state index < -0.39 is 17.6 Å². The fraction of sp³-hybridized carbons (Fsp3) is 0.588. The minimum Gasteiger partial charge on any atom is -0.493 e. The molecule has 0 amide bonds. The first-order valence-corrected chi connectivity index (χ1v) is 7.83. The zero-order chi connectivity index (χ0) is 16.6. The summed E-state index contributed by atoms with van der Waals surface area (Å²) in [6.45, 7) is 5.09. The molecule has 2 aliphatic rings. The van der Waals surface area contributed by atoms with E-state index in [4.69, 9.17) is 19.3 Å². The van der Waals surface area contributed by atoms with Crippen molar-refractivity contribution in [3.63, 3.8) is 0 Å². The highest BCUT2D eigenvalue weighted by Crippen LogP contribution is 2.45. The summed E-state index contributed by atoms with van der Waals surface area (Å²) >= 11 is 0. The Labute approximate surface area is 134 Å². The fourth-order valence-corrected chi connectivity index (χ4v) is 2.60. The maximum atomic E-state index is 13.9. The molecule has 1 aliphatic carbocycles. The molecule has 0 radical (unpaired) electrons. The Hall–Kier alpha value is -1.66. The van der Waals surface area contributed by atoms with Crippen LogP contribution in [0.4, 0.5) is 4.39 Å². The van der Waals surface area contributed by atoms with Gasteiger partial charge in [-0.1, -0.05) is 0 Å². The molecular weight excluding hydrogens is 303 g/mol. The fourth-order valence-electron chi connectivity index (χ4n) is 2.60. The Morgan fingerprint density at radius 3 is 2.57 bits per heavy atom. The van der Waals surface area contributed by atoms with Crippen molar-refractivity contribution in [2.24, 2.45) is 5.92 Å². The van der Waals surface area contributed by atoms with Gasteiger partial charge in [0.25, 0.3) is 0 Å². The van der Waals surface area contributed by atoms with Gasteiger partial charge in [0.05, 0.1) is 25.4 Å². The van der Waals surface area contributed by atoms with Gasteiger partial charge < -0.3 is 19.3 Å². The first-order valence-electron chi connectivity index (χ1n) is 7.83. The summed E-state index contributed by atoms with van der Waals surface area (Å²) in [5.41, 5.74) is 0.479. The van der Waals surface area contributed by atoms with Gasteiger partial charge in [0.1, 0.15) is 11.6 Å². The summed E-state index contributed by atoms with van der Waals surface area (Å²) in [6.07, 6.45) is 1.95. The zero-order valence-corrected chi connectivity index (χ0v) is 13.3. The van der Waals surface area contributed by atoms with E-state index in [2.05, 4.69) is 0 Å². The number of hydrogen-bond donors (Lipinski definition) is 1. The van der Waals surface area contributed by atoms with Crippen molar-refractivity contribution < 1.29 is 28.5 Å². The zero-order valence-electron chi connectivity index (χ0n) is 13.3. The highest BCUT2D eigenvalue weighted by atomic mass is 19.1. The molecule has 0 bridgehead atoms. The molecule has 5 nitrogen and oxygen atoms in total. The summed E-state index contributed by atoms with van der Waals surface area (Å²) in [5.74, 6) is -1.84. The van der Waals surface area contributed by atoms with Crippen LogP contribution in [0.15, 0.2) is 12.1 Å². The van der Waals surface area contributed by atoms with Gasteiger partial charge in [0, 0.05) is 12.0 Å². The van der Waals surface area contributed by atoms with E-state index in [1.54, 1.807) is 0 Å². The second-order valence-corrected chi connectivity index (χ2v) is 6.65. The van der Waals surface area contributed by atoms with Crippen molar-refractivity contribution in [1.29, 1.82) is 0 Å². The summed E-state index contributed by atoms with van der Waals surface area (Å²) in [6, 6.07) is 2.59. The molecule has 0 aromatic heterocycles. The number of hydrogen-bond acceptors (Lipinski definition) is 4. The SMILES string of the molecule is CC1(C)OCC(COc2cc(F)c(C(=O)O)cc2C2CC2)CO1. The molecule has 2 fully saturated rings. The van der Waals surface area contributed by atoms with Crippen LogP contribution >= 0.6 is 0 Å². The minimum absolute atomic E-state index is 0.0669. The van der Waals surface area contributed by atoms with Crippen LogP contribution in [0.2, 0.25) is 0 Å². The van der Waals surface area contributed by atoms with Gasteiger partial charge in [-0.15, -0.1) is 0 Å². The number of carboxylic acids is 1. The number of carbonyl (C=O) groups is 1. The number of carboxylic acid groups (broad SMARTS) is 1. The van der Waals surface area contributed by atoms with Gasteiger partial charge in [-0.3, -0.25) is 0 Å². The van der Waals surface area contributed by atoms with Crippen molar-refractivity contribution >= 4 is 5.97 Å². The molecule has 1 heterocycles. The van der Waals surface area contributed by atoms with Gasteiger partial charge in [0.2, 0.25) is 0 Å². The lowest BCUT2D eigenvalue weighted by Crippen LogP contribution is -2.41. The molecule has 1 aromatic rings. The largest absolute Gasteiger partial charge is 0.493 e. The van der Waals surface area contributed by atoms with E-state index in [0.29, 0.717) is 25.6 Å². The average Bonchev–Trinajstić information content (AvgIpc) is 3.30. The third-order valence-electron chi connectivity index (χ3n) is 4.15. The maximum absolute atomic E-state index is 13.9. The standard InChI is InChI=1S/C17H21FO5/c1-17(2)22-8-10(9-23-17)7-21-15-6-14(18)13(16(19)20)5-12(15)11-3-4-11/h5-6,10-11H,3-4,7-9H2,1-2H3,(H,19,20). The van der Waals surface area contributed by atoms with Crippen LogP contribution in [0.3, 0.4) is 0 Å². The summed E-state index contributed by atoms with van der Waals surface area (Å²) in [4.78, 5) is 11.1. The molecule has 1 aromatic carbocycles. The smallest absolute Gasteiger partial charge is 0.338 e. The molecule has 1 N–H and O–H groups in total. The van der Waals surface area contributed by atoms with Crippen molar-refractivity contribution in [1.82, 2.24) is 0 Å². The highest BCUT2D eigenvalue weighted by Gasteiger charge is 2.31. The molecule has 0 spiro atoms. The minimum atomic E-state index is -1.26. The van der Waals surface area contributed by atoms with E-state index in [1.807, 2.05) is 13.8 Å².